The van der Waals surface area contributed by atoms with Crippen molar-refractivity contribution in [2.75, 3.05) is 13.1 Å². The summed E-state index contributed by atoms with van der Waals surface area (Å²) in [5.41, 5.74) is 1.45. The molecule has 0 spiro atoms. The van der Waals surface area contributed by atoms with Gasteiger partial charge in [-0.2, -0.15) is 0 Å². The molecule has 3 aliphatic carbocycles. The Kier molecular flexibility index (Phi) is 4.98. The van der Waals surface area contributed by atoms with Crippen molar-refractivity contribution in [3.63, 3.8) is 0 Å². The first-order valence-electron chi connectivity index (χ1n) is 11.6. The fourth-order valence-corrected chi connectivity index (χ4v) is 6.23. The van der Waals surface area contributed by atoms with Crippen LogP contribution in [0.5, 0.6) is 0 Å². The summed E-state index contributed by atoms with van der Waals surface area (Å²) in [6.45, 7) is 5.75. The first kappa shape index (κ1) is 21.0. The van der Waals surface area contributed by atoms with Crippen LogP contribution < -0.4 is 5.32 Å². The maximum absolute atomic E-state index is 13.0. The molecule has 1 saturated heterocycles. The summed E-state index contributed by atoms with van der Waals surface area (Å²) in [5.74, 6) is 0.401. The van der Waals surface area contributed by atoms with Gasteiger partial charge in [-0.05, 0) is 67.4 Å². The monoisotopic (exact) mass is 438 g/mol. The highest BCUT2D eigenvalue weighted by Gasteiger charge is 2.53. The van der Waals surface area contributed by atoms with E-state index in [1.54, 1.807) is 28.8 Å². The van der Waals surface area contributed by atoms with Crippen LogP contribution in [0.4, 0.5) is 0 Å². The van der Waals surface area contributed by atoms with Gasteiger partial charge in [-0.3, -0.25) is 14.0 Å². The molecule has 3 saturated carbocycles. The summed E-state index contributed by atoms with van der Waals surface area (Å²) in [6.07, 6.45) is 6.31. The predicted molar refractivity (Wildman–Crippen MR) is 117 cm³/mol. The van der Waals surface area contributed by atoms with Gasteiger partial charge in [0.25, 0.3) is 11.8 Å². The van der Waals surface area contributed by atoms with Gasteiger partial charge in [0.2, 0.25) is 0 Å². The van der Waals surface area contributed by atoms with Gasteiger partial charge in [0.05, 0.1) is 0 Å². The first-order chi connectivity index (χ1) is 15.3. The first-order valence-corrected chi connectivity index (χ1v) is 11.6. The Balaban J connectivity index is 1.32. The average Bonchev–Trinajstić information content (AvgIpc) is 3.44. The molecule has 2 amide bonds. The number of imidazole rings is 1. The highest BCUT2D eigenvalue weighted by Crippen LogP contribution is 2.61. The zero-order valence-corrected chi connectivity index (χ0v) is 18.6. The molecule has 0 radical (unpaired) electrons. The zero-order valence-electron chi connectivity index (χ0n) is 18.6. The molecule has 170 valence electrons. The molecule has 2 aromatic rings. The van der Waals surface area contributed by atoms with E-state index in [4.69, 9.17) is 0 Å². The summed E-state index contributed by atoms with van der Waals surface area (Å²) >= 11 is 0. The maximum Gasteiger partial charge on any atom is 0.326 e. The molecule has 2 N–H and O–H groups in total. The molecule has 4 fully saturated rings. The van der Waals surface area contributed by atoms with Gasteiger partial charge < -0.3 is 15.3 Å². The summed E-state index contributed by atoms with van der Waals surface area (Å²) in [6, 6.07) is 4.39. The number of carbonyl (C=O) groups is 3. The van der Waals surface area contributed by atoms with E-state index in [9.17, 15) is 19.5 Å². The van der Waals surface area contributed by atoms with Crippen molar-refractivity contribution in [1.29, 1.82) is 0 Å². The standard InChI is InChI=1S/C24H30N4O4/c1-24(2)15-9-8-14(16(24)11-15)12-25-21(29)18-5-3-7-20-26-17(13-28(18)20)22(30)27-10-4-6-19(27)23(31)32/h3,5,7,13-16,19H,4,6,8-12H2,1-2H3,(H,25,29)(H,31,32)/t14-,15-,16+,19-/m0/s1. The van der Waals surface area contributed by atoms with Crippen LogP contribution in [-0.4, -0.2) is 56.3 Å². The molecule has 32 heavy (non-hydrogen) atoms. The van der Waals surface area contributed by atoms with E-state index >= 15 is 0 Å². The summed E-state index contributed by atoms with van der Waals surface area (Å²) in [5, 5.41) is 12.5. The predicted octanol–water partition coefficient (Wildman–Crippen LogP) is 2.83. The second kappa shape index (κ2) is 7.60. The molecule has 4 atom stereocenters. The van der Waals surface area contributed by atoms with Crippen LogP contribution in [0, 0.1) is 23.2 Å². The Hall–Kier alpha value is -2.90. The van der Waals surface area contributed by atoms with E-state index in [-0.39, 0.29) is 11.6 Å². The lowest BCUT2D eigenvalue weighted by atomic mass is 9.45. The third-order valence-electron chi connectivity index (χ3n) is 8.27. The van der Waals surface area contributed by atoms with Crippen molar-refractivity contribution in [3.05, 3.63) is 35.8 Å². The van der Waals surface area contributed by atoms with Crippen LogP contribution in [0.3, 0.4) is 0 Å². The number of aromatic nitrogens is 2. The minimum Gasteiger partial charge on any atom is -0.480 e. The van der Waals surface area contributed by atoms with E-state index in [1.807, 2.05) is 0 Å². The van der Waals surface area contributed by atoms with Gasteiger partial charge >= 0.3 is 5.97 Å². The minimum atomic E-state index is -0.997. The van der Waals surface area contributed by atoms with Crippen LogP contribution in [0.1, 0.15) is 66.9 Å². The number of hydrogen-bond acceptors (Lipinski definition) is 4. The maximum atomic E-state index is 13.0. The van der Waals surface area contributed by atoms with Gasteiger partial charge in [-0.25, -0.2) is 9.78 Å². The SMILES string of the molecule is CC1(C)[C@H]2CC[C@@H](CNC(=O)c3cccc4nc(C(=O)N5CCC[C@H]5C(=O)O)cn34)[C@H]1C2. The number of hydrogen-bond donors (Lipinski definition) is 2. The third-order valence-corrected chi connectivity index (χ3v) is 8.27. The number of rotatable bonds is 5. The second-order valence-electron chi connectivity index (χ2n) is 10.2. The van der Waals surface area contributed by atoms with Gasteiger partial charge in [0.1, 0.15) is 23.1 Å². The zero-order chi connectivity index (χ0) is 22.6. The molecule has 8 heteroatoms. The van der Waals surface area contributed by atoms with Gasteiger partial charge in [0, 0.05) is 19.3 Å². The highest BCUT2D eigenvalue weighted by molar-refractivity contribution is 5.97. The lowest BCUT2D eigenvalue weighted by Crippen LogP contribution is -2.54. The fourth-order valence-electron chi connectivity index (χ4n) is 6.23. The summed E-state index contributed by atoms with van der Waals surface area (Å²) < 4.78 is 1.62. The lowest BCUT2D eigenvalue weighted by Gasteiger charge is -2.60. The molecular weight excluding hydrogens is 408 g/mol. The quantitative estimate of drug-likeness (QED) is 0.747. The number of carboxylic acid groups (broad SMARTS) is 1. The molecule has 4 aliphatic rings. The molecular formula is C24H30N4O4. The van der Waals surface area contributed by atoms with E-state index < -0.39 is 17.9 Å². The number of fused-ring (bicyclic) bond motifs is 3. The van der Waals surface area contributed by atoms with Gasteiger partial charge in [-0.15, -0.1) is 0 Å². The normalized spacial score (nSPS) is 28.4. The Morgan fingerprint density at radius 2 is 2.03 bits per heavy atom. The second-order valence-corrected chi connectivity index (χ2v) is 10.2. The third kappa shape index (κ3) is 3.27. The van der Waals surface area contributed by atoms with Crippen molar-refractivity contribution < 1.29 is 19.5 Å². The molecule has 2 aromatic heterocycles. The number of likely N-dealkylation sites (tertiary alicyclic amines) is 1. The van der Waals surface area contributed by atoms with E-state index in [0.717, 1.165) is 12.3 Å². The Labute approximate surface area is 187 Å². The Morgan fingerprint density at radius 1 is 1.22 bits per heavy atom. The largest absolute Gasteiger partial charge is 0.480 e. The number of carbonyl (C=O) groups excluding carboxylic acids is 2. The molecule has 6 rings (SSSR count). The number of pyridine rings is 1. The van der Waals surface area contributed by atoms with Crippen molar-refractivity contribution in [2.45, 2.75) is 52.0 Å². The molecule has 2 bridgehead atoms. The highest BCUT2D eigenvalue weighted by atomic mass is 16.4. The van der Waals surface area contributed by atoms with Crippen LogP contribution >= 0.6 is 0 Å². The van der Waals surface area contributed by atoms with E-state index in [0.29, 0.717) is 54.5 Å². The molecule has 0 aromatic carbocycles. The van der Waals surface area contributed by atoms with Crippen LogP contribution in [0.15, 0.2) is 24.4 Å². The minimum absolute atomic E-state index is 0.160. The summed E-state index contributed by atoms with van der Waals surface area (Å²) in [4.78, 5) is 43.2. The van der Waals surface area contributed by atoms with Crippen molar-refractivity contribution in [2.24, 2.45) is 23.2 Å². The molecule has 0 unspecified atom stereocenters. The number of amides is 2. The number of aliphatic carboxylic acids is 1. The van der Waals surface area contributed by atoms with E-state index in [1.165, 1.54) is 17.7 Å². The molecule has 8 nitrogen and oxygen atoms in total. The number of nitrogens with zero attached hydrogens (tertiary/aromatic N) is 3. The van der Waals surface area contributed by atoms with Crippen LogP contribution in [0.2, 0.25) is 0 Å². The fraction of sp³-hybridized carbons (Fsp3) is 0.583. The van der Waals surface area contributed by atoms with Gasteiger partial charge in [-0.1, -0.05) is 19.9 Å². The average molecular weight is 439 g/mol. The van der Waals surface area contributed by atoms with Crippen LogP contribution in [-0.2, 0) is 4.79 Å². The smallest absolute Gasteiger partial charge is 0.326 e. The number of carboxylic acids is 1. The van der Waals surface area contributed by atoms with Crippen molar-refractivity contribution >= 4 is 23.4 Å². The molecule has 1 aliphatic heterocycles. The van der Waals surface area contributed by atoms with Gasteiger partial charge in [0.15, 0.2) is 0 Å². The Bertz CT molecular complexity index is 1090. The topological polar surface area (TPSA) is 104 Å². The van der Waals surface area contributed by atoms with E-state index in [2.05, 4.69) is 24.1 Å². The Morgan fingerprint density at radius 3 is 2.75 bits per heavy atom. The molecule has 3 heterocycles. The summed E-state index contributed by atoms with van der Waals surface area (Å²) in [7, 11) is 0. The van der Waals surface area contributed by atoms with Crippen molar-refractivity contribution in [3.8, 4) is 0 Å². The van der Waals surface area contributed by atoms with Crippen molar-refractivity contribution in [1.82, 2.24) is 19.6 Å². The number of nitrogens with one attached hydrogen (secondary N) is 1. The lowest BCUT2D eigenvalue weighted by molar-refractivity contribution is -0.141. The van der Waals surface area contributed by atoms with Crippen LogP contribution in [0.25, 0.3) is 5.65 Å².